The molecule has 0 fully saturated rings. The van der Waals surface area contributed by atoms with Crippen molar-refractivity contribution >= 4 is 46.4 Å². The molecule has 0 N–H and O–H groups in total. The number of hydrogen-bond acceptors (Lipinski definition) is 1. The van der Waals surface area contributed by atoms with Gasteiger partial charge in [-0.2, -0.15) is 0 Å². The van der Waals surface area contributed by atoms with Crippen molar-refractivity contribution in [2.75, 3.05) is 7.11 Å². The van der Waals surface area contributed by atoms with E-state index in [9.17, 15) is 0 Å². The smallest absolute Gasteiger partial charge is 0.499 e. The van der Waals surface area contributed by atoms with Crippen LogP contribution in [0, 0.1) is 0 Å². The van der Waals surface area contributed by atoms with Crippen LogP contribution in [0.25, 0.3) is 0 Å². The van der Waals surface area contributed by atoms with Crippen molar-refractivity contribution in [3.05, 3.63) is 23.2 Å². The Bertz CT molecular complexity index is 254. The largest absolute Gasteiger partial charge is 0.512 e. The molecule has 0 aliphatic carbocycles. The van der Waals surface area contributed by atoms with E-state index in [2.05, 4.69) is 12.9 Å². The predicted molar refractivity (Wildman–Crippen MR) is 52.3 cm³/mol. The van der Waals surface area contributed by atoms with E-state index in [1.165, 1.54) is 3.69 Å². The first kappa shape index (κ1) is 9.64. The van der Waals surface area contributed by atoms with E-state index in [1.54, 1.807) is 7.11 Å². The van der Waals surface area contributed by atoms with E-state index < -0.39 is 0 Å². The van der Waals surface area contributed by atoms with Gasteiger partial charge in [-0.05, 0) is 12.1 Å². The highest BCUT2D eigenvalue weighted by Gasteiger charge is 2.03. The van der Waals surface area contributed by atoms with Gasteiger partial charge in [-0.1, -0.05) is 17.7 Å². The van der Waals surface area contributed by atoms with Crippen LogP contribution in [-0.4, -0.2) is 25.3 Å². The lowest BCUT2D eigenvalue weighted by Gasteiger charge is -2.05. The third-order valence-electron chi connectivity index (χ3n) is 1.39. The maximum absolute atomic E-state index is 5.80. The summed E-state index contributed by atoms with van der Waals surface area (Å²) in [7, 11) is 1.67. The number of methoxy groups -OCH3 is 1. The fourth-order valence-corrected chi connectivity index (χ4v) is 3.18. The second-order valence-electron chi connectivity index (χ2n) is 2.09. The molecule has 1 aromatic carbocycles. The van der Waals surface area contributed by atoms with Crippen LogP contribution in [0.15, 0.2) is 18.2 Å². The molecule has 0 aliphatic heterocycles. The van der Waals surface area contributed by atoms with Crippen molar-refractivity contribution in [3.8, 4) is 5.75 Å². The van der Waals surface area contributed by atoms with Gasteiger partial charge in [0.15, 0.2) is 0 Å². The van der Waals surface area contributed by atoms with Crippen molar-refractivity contribution in [3.63, 3.8) is 0 Å². The van der Waals surface area contributed by atoms with Gasteiger partial charge in [0, 0.05) is 5.02 Å². The molecule has 0 bridgehead atoms. The van der Waals surface area contributed by atoms with Crippen molar-refractivity contribution in [2.45, 2.75) is 0 Å². The van der Waals surface area contributed by atoms with Gasteiger partial charge in [-0.15, -0.1) is 3.69 Å². The molecule has 0 saturated carbocycles. The SMILES string of the molecule is COc1ccc(Cl)c[c]1[Mg][Br]. The van der Waals surface area contributed by atoms with Crippen molar-refractivity contribution in [2.24, 2.45) is 0 Å². The molecule has 0 aromatic heterocycles. The second-order valence-corrected chi connectivity index (χ2v) is 5.24. The average molecular weight is 246 g/mol. The molecular formula is C7H6BrClMgO. The zero-order valence-corrected chi connectivity index (χ0v) is 9.86. The lowest BCUT2D eigenvalue weighted by Crippen LogP contribution is -2.11. The van der Waals surface area contributed by atoms with E-state index in [1.807, 2.05) is 18.2 Å². The topological polar surface area (TPSA) is 9.23 Å². The third kappa shape index (κ3) is 2.51. The Morgan fingerprint density at radius 1 is 1.55 bits per heavy atom. The third-order valence-corrected chi connectivity index (χ3v) is 4.27. The minimum Gasteiger partial charge on any atom is -0.499 e. The Kier molecular flexibility index (Phi) is 3.99. The molecule has 11 heavy (non-hydrogen) atoms. The van der Waals surface area contributed by atoms with Gasteiger partial charge in [-0.25, -0.2) is 0 Å². The Hall–Kier alpha value is 0.556. The zero-order valence-electron chi connectivity index (χ0n) is 6.10. The summed E-state index contributed by atoms with van der Waals surface area (Å²) in [6, 6.07) is 5.67. The molecule has 1 nitrogen and oxygen atoms in total. The molecule has 0 aliphatic rings. The number of benzene rings is 1. The van der Waals surface area contributed by atoms with Crippen LogP contribution in [0.3, 0.4) is 0 Å². The van der Waals surface area contributed by atoms with Crippen LogP contribution in [-0.2, 0) is 0 Å². The van der Waals surface area contributed by atoms with Crippen LogP contribution < -0.4 is 8.43 Å². The second kappa shape index (κ2) is 4.55. The molecule has 0 atom stereocenters. The van der Waals surface area contributed by atoms with Gasteiger partial charge >= 0.3 is 18.2 Å². The molecule has 0 spiro atoms. The quantitative estimate of drug-likeness (QED) is 0.725. The average Bonchev–Trinajstić information content (AvgIpc) is 2.04. The summed E-state index contributed by atoms with van der Waals surface area (Å²) in [5, 5.41) is 0.771. The molecule has 0 amide bonds. The normalized spacial score (nSPS) is 9.00. The summed E-state index contributed by atoms with van der Waals surface area (Å²) in [6.45, 7) is 0. The minimum atomic E-state index is -0.367. The van der Waals surface area contributed by atoms with Crippen LogP contribution in [0.5, 0.6) is 5.75 Å². The number of ether oxygens (including phenoxy) is 1. The molecule has 0 unspecified atom stereocenters. The van der Waals surface area contributed by atoms with Crippen molar-refractivity contribution in [1.29, 1.82) is 0 Å². The van der Waals surface area contributed by atoms with Gasteiger partial charge < -0.3 is 4.74 Å². The van der Waals surface area contributed by atoms with E-state index in [4.69, 9.17) is 16.3 Å². The Morgan fingerprint density at radius 3 is 2.82 bits per heavy atom. The molecular weight excluding hydrogens is 240 g/mol. The molecule has 0 radical (unpaired) electrons. The summed E-state index contributed by atoms with van der Waals surface area (Å²) in [6.07, 6.45) is 0. The zero-order chi connectivity index (χ0) is 8.27. The number of rotatable bonds is 2. The molecule has 0 heterocycles. The molecule has 1 aromatic rings. The van der Waals surface area contributed by atoms with Gasteiger partial charge in [0.1, 0.15) is 0 Å². The monoisotopic (exact) mass is 244 g/mol. The van der Waals surface area contributed by atoms with Crippen LogP contribution in [0.4, 0.5) is 0 Å². The molecule has 1 rings (SSSR count). The minimum absolute atomic E-state index is 0.367. The van der Waals surface area contributed by atoms with E-state index in [0.717, 1.165) is 10.8 Å². The highest BCUT2D eigenvalue weighted by molar-refractivity contribution is 9.23. The summed E-state index contributed by atoms with van der Waals surface area (Å²) in [5.41, 5.74) is 0. The van der Waals surface area contributed by atoms with Gasteiger partial charge in [0.2, 0.25) is 0 Å². The Labute approximate surface area is 86.7 Å². The van der Waals surface area contributed by atoms with Crippen molar-refractivity contribution in [1.82, 2.24) is 0 Å². The molecule has 56 valence electrons. The van der Waals surface area contributed by atoms with Crippen LogP contribution in [0.1, 0.15) is 0 Å². The van der Waals surface area contributed by atoms with E-state index in [0.29, 0.717) is 0 Å². The molecule has 0 saturated heterocycles. The fourth-order valence-electron chi connectivity index (χ4n) is 0.852. The lowest BCUT2D eigenvalue weighted by atomic mass is 10.3. The van der Waals surface area contributed by atoms with Gasteiger partial charge in [-0.3, -0.25) is 12.9 Å². The number of halogens is 2. The first-order chi connectivity index (χ1) is 5.27. The van der Waals surface area contributed by atoms with E-state index >= 15 is 0 Å². The van der Waals surface area contributed by atoms with Crippen LogP contribution >= 0.6 is 24.5 Å². The van der Waals surface area contributed by atoms with Crippen LogP contribution in [0.2, 0.25) is 5.02 Å². The van der Waals surface area contributed by atoms with Crippen molar-refractivity contribution < 1.29 is 4.74 Å². The van der Waals surface area contributed by atoms with E-state index in [-0.39, 0.29) is 18.2 Å². The Balaban J connectivity index is 3.06. The van der Waals surface area contributed by atoms with Gasteiger partial charge in [0.25, 0.3) is 0 Å². The van der Waals surface area contributed by atoms with Gasteiger partial charge in [0.05, 0.1) is 12.9 Å². The summed E-state index contributed by atoms with van der Waals surface area (Å²) >= 11 is 8.91. The maximum Gasteiger partial charge on any atom is 0.512 e. The fraction of sp³-hybridized carbons (Fsp3) is 0.143. The Morgan fingerprint density at radius 2 is 2.27 bits per heavy atom. The number of hydrogen-bond donors (Lipinski definition) is 0. The summed E-state index contributed by atoms with van der Waals surface area (Å²) in [4.78, 5) is 0. The standard InChI is InChI=1S/C7H6ClO.BrH.Mg/c1-9-7-4-2-6(8)3-5-7;;/h2-4H,1H3;1H;/q;;+1/p-1. The maximum atomic E-state index is 5.80. The molecule has 4 heteroatoms. The predicted octanol–water partition coefficient (Wildman–Crippen LogP) is 1.99. The highest BCUT2D eigenvalue weighted by Crippen LogP contribution is 2.13. The lowest BCUT2D eigenvalue weighted by molar-refractivity contribution is 0.418. The first-order valence-corrected chi connectivity index (χ1v) is 8.14. The summed E-state index contributed by atoms with van der Waals surface area (Å²) in [5.74, 6) is 0.929. The summed E-state index contributed by atoms with van der Waals surface area (Å²) < 4.78 is 6.35. The highest BCUT2D eigenvalue weighted by atomic mass is 79.9. The first-order valence-electron chi connectivity index (χ1n) is 3.16.